The van der Waals surface area contributed by atoms with Gasteiger partial charge in [0, 0.05) is 5.56 Å². The molecule has 0 atom stereocenters. The molecule has 5 heteroatoms. The summed E-state index contributed by atoms with van der Waals surface area (Å²) in [5, 5.41) is 3.70. The minimum Gasteiger partial charge on any atom is -0.267 e. The SMILES string of the molecule is Cc1ccc(C(=O)N/N=C\c2ccc(F)c(F)c2)cc1. The van der Waals surface area contributed by atoms with Gasteiger partial charge >= 0.3 is 0 Å². The lowest BCUT2D eigenvalue weighted by Gasteiger charge is -2.00. The predicted octanol–water partition coefficient (Wildman–Crippen LogP) is 3.04. The molecule has 3 nitrogen and oxygen atoms in total. The van der Waals surface area contributed by atoms with Gasteiger partial charge in [-0.2, -0.15) is 5.10 Å². The quantitative estimate of drug-likeness (QED) is 0.678. The number of nitrogens with one attached hydrogen (secondary N) is 1. The van der Waals surface area contributed by atoms with Crippen LogP contribution < -0.4 is 5.43 Å². The van der Waals surface area contributed by atoms with Crippen molar-refractivity contribution >= 4 is 12.1 Å². The van der Waals surface area contributed by atoms with Crippen LogP contribution in [0.1, 0.15) is 21.5 Å². The average molecular weight is 274 g/mol. The van der Waals surface area contributed by atoms with Crippen molar-refractivity contribution in [2.75, 3.05) is 0 Å². The summed E-state index contributed by atoms with van der Waals surface area (Å²) in [7, 11) is 0. The first-order valence-corrected chi connectivity index (χ1v) is 5.91. The maximum atomic E-state index is 12.9. The van der Waals surface area contributed by atoms with Gasteiger partial charge in [-0.25, -0.2) is 14.2 Å². The molecule has 0 fully saturated rings. The average Bonchev–Trinajstić information content (AvgIpc) is 2.43. The van der Waals surface area contributed by atoms with Crippen molar-refractivity contribution < 1.29 is 13.6 Å². The number of nitrogens with zero attached hydrogens (tertiary/aromatic N) is 1. The molecule has 0 saturated carbocycles. The second-order valence-corrected chi connectivity index (χ2v) is 4.24. The van der Waals surface area contributed by atoms with Crippen molar-refractivity contribution in [2.45, 2.75) is 6.92 Å². The van der Waals surface area contributed by atoms with Crippen molar-refractivity contribution in [3.8, 4) is 0 Å². The van der Waals surface area contributed by atoms with Crippen molar-refractivity contribution in [2.24, 2.45) is 5.10 Å². The van der Waals surface area contributed by atoms with Crippen LogP contribution in [0.25, 0.3) is 0 Å². The summed E-state index contributed by atoms with van der Waals surface area (Å²) in [5.41, 5.74) is 4.19. The van der Waals surface area contributed by atoms with E-state index in [-0.39, 0.29) is 5.91 Å². The van der Waals surface area contributed by atoms with Gasteiger partial charge in [-0.15, -0.1) is 0 Å². The van der Waals surface area contributed by atoms with E-state index in [1.807, 2.05) is 19.1 Å². The lowest BCUT2D eigenvalue weighted by atomic mass is 10.1. The van der Waals surface area contributed by atoms with E-state index in [0.29, 0.717) is 11.1 Å². The number of hydrogen-bond acceptors (Lipinski definition) is 2. The molecule has 0 aliphatic rings. The third kappa shape index (κ3) is 3.47. The highest BCUT2D eigenvalue weighted by molar-refractivity contribution is 5.94. The largest absolute Gasteiger partial charge is 0.271 e. The van der Waals surface area contributed by atoms with E-state index in [1.54, 1.807) is 12.1 Å². The first-order chi connectivity index (χ1) is 9.56. The van der Waals surface area contributed by atoms with Crippen molar-refractivity contribution in [3.05, 3.63) is 70.8 Å². The molecule has 20 heavy (non-hydrogen) atoms. The molecule has 0 heterocycles. The Labute approximate surface area is 114 Å². The number of carbonyl (C=O) groups excluding carboxylic acids is 1. The van der Waals surface area contributed by atoms with Crippen LogP contribution in [0.15, 0.2) is 47.6 Å². The number of hydrogen-bond donors (Lipinski definition) is 1. The Bertz CT molecular complexity index is 651. The maximum absolute atomic E-state index is 12.9. The van der Waals surface area contributed by atoms with E-state index < -0.39 is 11.6 Å². The molecular weight excluding hydrogens is 262 g/mol. The van der Waals surface area contributed by atoms with Crippen molar-refractivity contribution in [1.29, 1.82) is 0 Å². The molecule has 1 N–H and O–H groups in total. The topological polar surface area (TPSA) is 41.5 Å². The number of aryl methyl sites for hydroxylation is 1. The summed E-state index contributed by atoms with van der Waals surface area (Å²) in [4.78, 5) is 11.7. The van der Waals surface area contributed by atoms with Crippen LogP contribution in [-0.2, 0) is 0 Å². The number of hydrazone groups is 1. The molecule has 102 valence electrons. The number of benzene rings is 2. The van der Waals surface area contributed by atoms with E-state index in [2.05, 4.69) is 10.5 Å². The molecule has 1 amide bonds. The van der Waals surface area contributed by atoms with Crippen LogP contribution in [0.5, 0.6) is 0 Å². The van der Waals surface area contributed by atoms with Gasteiger partial charge in [-0.3, -0.25) is 4.79 Å². The van der Waals surface area contributed by atoms with Gasteiger partial charge in [-0.1, -0.05) is 23.8 Å². The minimum absolute atomic E-state index is 0.355. The fraction of sp³-hybridized carbons (Fsp3) is 0.0667. The Balaban J connectivity index is 2.00. The number of halogens is 2. The van der Waals surface area contributed by atoms with Crippen molar-refractivity contribution in [3.63, 3.8) is 0 Å². The molecule has 0 aliphatic carbocycles. The smallest absolute Gasteiger partial charge is 0.267 e. The fourth-order valence-corrected chi connectivity index (χ4v) is 1.53. The lowest BCUT2D eigenvalue weighted by molar-refractivity contribution is 0.0955. The standard InChI is InChI=1S/C15H12F2N2O/c1-10-2-5-12(6-3-10)15(20)19-18-9-11-4-7-13(16)14(17)8-11/h2-9H,1H3,(H,19,20)/b18-9-. The first-order valence-electron chi connectivity index (χ1n) is 5.91. The summed E-state index contributed by atoms with van der Waals surface area (Å²) < 4.78 is 25.7. The molecule has 0 spiro atoms. The number of amides is 1. The summed E-state index contributed by atoms with van der Waals surface area (Å²) in [6.07, 6.45) is 1.24. The zero-order valence-electron chi connectivity index (χ0n) is 10.7. The van der Waals surface area contributed by atoms with E-state index >= 15 is 0 Å². The van der Waals surface area contributed by atoms with Crippen LogP contribution in [0.4, 0.5) is 8.78 Å². The zero-order chi connectivity index (χ0) is 14.5. The summed E-state index contributed by atoms with van der Waals surface area (Å²) in [5.74, 6) is -2.26. The van der Waals surface area contributed by atoms with E-state index in [9.17, 15) is 13.6 Å². The van der Waals surface area contributed by atoms with Crippen LogP contribution in [-0.4, -0.2) is 12.1 Å². The Morgan fingerprint density at radius 3 is 2.45 bits per heavy atom. The van der Waals surface area contributed by atoms with Gasteiger partial charge < -0.3 is 0 Å². The molecule has 2 rings (SSSR count). The normalized spacial score (nSPS) is 10.8. The van der Waals surface area contributed by atoms with Crippen LogP contribution in [0.3, 0.4) is 0 Å². The first kappa shape index (κ1) is 13.9. The number of carbonyl (C=O) groups is 1. The molecule has 0 unspecified atom stereocenters. The molecule has 0 radical (unpaired) electrons. The predicted molar refractivity (Wildman–Crippen MR) is 72.6 cm³/mol. The summed E-state index contributed by atoms with van der Waals surface area (Å²) in [6.45, 7) is 1.92. The van der Waals surface area contributed by atoms with E-state index in [1.165, 1.54) is 12.3 Å². The molecule has 2 aromatic rings. The Morgan fingerprint density at radius 1 is 1.10 bits per heavy atom. The minimum atomic E-state index is -0.959. The monoisotopic (exact) mass is 274 g/mol. The van der Waals surface area contributed by atoms with Crippen LogP contribution in [0, 0.1) is 18.6 Å². The molecule has 2 aromatic carbocycles. The molecule has 0 saturated heterocycles. The third-order valence-electron chi connectivity index (χ3n) is 2.64. The van der Waals surface area contributed by atoms with Crippen LogP contribution >= 0.6 is 0 Å². The van der Waals surface area contributed by atoms with Crippen LogP contribution in [0.2, 0.25) is 0 Å². The Hall–Kier alpha value is -2.56. The van der Waals surface area contributed by atoms with Gasteiger partial charge in [0.05, 0.1) is 6.21 Å². The fourth-order valence-electron chi connectivity index (χ4n) is 1.53. The number of rotatable bonds is 3. The summed E-state index contributed by atoms with van der Waals surface area (Å²) in [6, 6.07) is 10.3. The highest BCUT2D eigenvalue weighted by Crippen LogP contribution is 2.07. The molecule has 0 aliphatic heterocycles. The van der Waals surface area contributed by atoms with Gasteiger partial charge in [0.1, 0.15) is 0 Å². The Kier molecular flexibility index (Phi) is 4.20. The zero-order valence-corrected chi connectivity index (χ0v) is 10.7. The van der Waals surface area contributed by atoms with Gasteiger partial charge in [0.2, 0.25) is 0 Å². The highest BCUT2D eigenvalue weighted by Gasteiger charge is 2.03. The van der Waals surface area contributed by atoms with Gasteiger partial charge in [0.25, 0.3) is 5.91 Å². The Morgan fingerprint density at radius 2 is 1.80 bits per heavy atom. The van der Waals surface area contributed by atoms with Gasteiger partial charge in [0.15, 0.2) is 11.6 Å². The van der Waals surface area contributed by atoms with Gasteiger partial charge in [-0.05, 0) is 36.8 Å². The summed E-state index contributed by atoms with van der Waals surface area (Å²) >= 11 is 0. The highest BCUT2D eigenvalue weighted by atomic mass is 19.2. The molecular formula is C15H12F2N2O. The molecule has 0 bridgehead atoms. The van der Waals surface area contributed by atoms with E-state index in [0.717, 1.165) is 17.7 Å². The molecule has 0 aromatic heterocycles. The second kappa shape index (κ2) is 6.06. The second-order valence-electron chi connectivity index (χ2n) is 4.24. The maximum Gasteiger partial charge on any atom is 0.271 e. The van der Waals surface area contributed by atoms with Crippen molar-refractivity contribution in [1.82, 2.24) is 5.43 Å². The van der Waals surface area contributed by atoms with E-state index in [4.69, 9.17) is 0 Å². The third-order valence-corrected chi connectivity index (χ3v) is 2.64. The lowest BCUT2D eigenvalue weighted by Crippen LogP contribution is -2.17.